The van der Waals surface area contributed by atoms with Gasteiger partial charge in [-0.25, -0.2) is 4.79 Å². The van der Waals surface area contributed by atoms with Gasteiger partial charge in [-0.05, 0) is 17.7 Å². The highest BCUT2D eigenvalue weighted by Crippen LogP contribution is 2.21. The molecule has 1 aliphatic rings. The second-order valence-corrected chi connectivity index (χ2v) is 3.34. The number of rotatable bonds is 3. The number of alkyl halides is 2. The van der Waals surface area contributed by atoms with Crippen LogP contribution in [0.15, 0.2) is 24.3 Å². The molecule has 7 heteroatoms. The van der Waals surface area contributed by atoms with Crippen LogP contribution in [0.3, 0.4) is 0 Å². The molecule has 0 spiro atoms. The van der Waals surface area contributed by atoms with E-state index in [1.165, 1.54) is 24.3 Å². The molecule has 5 nitrogen and oxygen atoms in total. The number of hydrogen-bond donors (Lipinski definition) is 2. The Morgan fingerprint density at radius 3 is 2.29 bits per heavy atom. The van der Waals surface area contributed by atoms with Crippen molar-refractivity contribution in [2.75, 3.05) is 0 Å². The lowest BCUT2D eigenvalue weighted by Crippen LogP contribution is -2.22. The van der Waals surface area contributed by atoms with Gasteiger partial charge in [-0.2, -0.15) is 8.78 Å². The van der Waals surface area contributed by atoms with Crippen LogP contribution in [0, 0.1) is 0 Å². The standard InChI is InChI=1S/C10H8F2N2O3/c11-9(12)17-6-3-1-5(2-4-6)7-8(15)14-10(16)13-7/h1-4,7,9H,(H2,13,14,15,16)/t7-/m0/s1. The average Bonchev–Trinajstić information content (AvgIpc) is 2.58. The van der Waals surface area contributed by atoms with Gasteiger partial charge in [0.15, 0.2) is 0 Å². The molecule has 1 aromatic rings. The molecule has 0 unspecified atom stereocenters. The number of benzene rings is 1. The van der Waals surface area contributed by atoms with Crippen molar-refractivity contribution >= 4 is 11.9 Å². The van der Waals surface area contributed by atoms with Gasteiger partial charge in [0.1, 0.15) is 11.8 Å². The predicted molar refractivity (Wildman–Crippen MR) is 52.5 cm³/mol. The summed E-state index contributed by atoms with van der Waals surface area (Å²) >= 11 is 0. The molecule has 90 valence electrons. The highest BCUT2D eigenvalue weighted by Gasteiger charge is 2.30. The molecule has 1 heterocycles. The number of amides is 3. The van der Waals surface area contributed by atoms with Gasteiger partial charge in [-0.15, -0.1) is 0 Å². The molecule has 2 N–H and O–H groups in total. The Kier molecular flexibility index (Phi) is 2.90. The first-order valence-corrected chi connectivity index (χ1v) is 4.72. The summed E-state index contributed by atoms with van der Waals surface area (Å²) < 4.78 is 27.9. The average molecular weight is 242 g/mol. The number of imide groups is 1. The Morgan fingerprint density at radius 1 is 1.18 bits per heavy atom. The third kappa shape index (κ3) is 2.49. The Hall–Kier alpha value is -2.18. The molecule has 1 saturated heterocycles. The van der Waals surface area contributed by atoms with E-state index in [0.29, 0.717) is 5.56 Å². The van der Waals surface area contributed by atoms with Crippen molar-refractivity contribution in [3.05, 3.63) is 29.8 Å². The Balaban J connectivity index is 2.13. The second kappa shape index (κ2) is 4.36. The second-order valence-electron chi connectivity index (χ2n) is 3.34. The normalized spacial score (nSPS) is 19.1. The lowest BCUT2D eigenvalue weighted by Gasteiger charge is -2.09. The maximum absolute atomic E-state index is 11.9. The Morgan fingerprint density at radius 2 is 1.82 bits per heavy atom. The van der Waals surface area contributed by atoms with Gasteiger partial charge in [-0.3, -0.25) is 10.1 Å². The van der Waals surface area contributed by atoms with Crippen LogP contribution in [0.25, 0.3) is 0 Å². The quantitative estimate of drug-likeness (QED) is 0.782. The lowest BCUT2D eigenvalue weighted by molar-refractivity contribution is -0.120. The third-order valence-corrected chi connectivity index (χ3v) is 2.21. The van der Waals surface area contributed by atoms with Crippen molar-refractivity contribution in [2.45, 2.75) is 12.7 Å². The van der Waals surface area contributed by atoms with E-state index in [1.807, 2.05) is 0 Å². The fourth-order valence-corrected chi connectivity index (χ4v) is 1.49. The van der Waals surface area contributed by atoms with Crippen molar-refractivity contribution in [3.8, 4) is 5.75 Å². The zero-order valence-electron chi connectivity index (χ0n) is 8.44. The number of carbonyl (C=O) groups is 2. The summed E-state index contributed by atoms with van der Waals surface area (Å²) in [6.07, 6.45) is 0. The molecule has 0 aliphatic carbocycles. The summed E-state index contributed by atoms with van der Waals surface area (Å²) in [5, 5.41) is 4.46. The van der Waals surface area contributed by atoms with E-state index in [4.69, 9.17) is 0 Å². The van der Waals surface area contributed by atoms with E-state index in [-0.39, 0.29) is 5.75 Å². The number of nitrogens with one attached hydrogen (secondary N) is 2. The van der Waals surface area contributed by atoms with Crippen LogP contribution in [-0.4, -0.2) is 18.5 Å². The van der Waals surface area contributed by atoms with Crippen molar-refractivity contribution in [1.82, 2.24) is 10.6 Å². The molecule has 1 atom stereocenters. The molecule has 1 fully saturated rings. The molecule has 1 aromatic carbocycles. The topological polar surface area (TPSA) is 67.4 Å². The zero-order valence-corrected chi connectivity index (χ0v) is 8.44. The van der Waals surface area contributed by atoms with E-state index in [1.54, 1.807) is 0 Å². The fourth-order valence-electron chi connectivity index (χ4n) is 1.49. The predicted octanol–water partition coefficient (Wildman–Crippen LogP) is 1.17. The monoisotopic (exact) mass is 242 g/mol. The number of ether oxygens (including phenoxy) is 1. The van der Waals surface area contributed by atoms with Crippen LogP contribution in [0.5, 0.6) is 5.75 Å². The summed E-state index contributed by atoms with van der Waals surface area (Å²) in [6, 6.07) is 4.12. The molecular formula is C10H8F2N2O3. The first kappa shape index (κ1) is 11.3. The SMILES string of the molecule is O=C1NC(=O)[C@H](c2ccc(OC(F)F)cc2)N1. The number of carbonyl (C=O) groups excluding carboxylic acids is 2. The minimum atomic E-state index is -2.89. The molecule has 0 bridgehead atoms. The van der Waals surface area contributed by atoms with Crippen molar-refractivity contribution in [3.63, 3.8) is 0 Å². The van der Waals surface area contributed by atoms with Gasteiger partial charge < -0.3 is 10.1 Å². The molecular weight excluding hydrogens is 234 g/mol. The van der Waals surface area contributed by atoms with Crippen molar-refractivity contribution in [1.29, 1.82) is 0 Å². The summed E-state index contributed by atoms with van der Waals surface area (Å²) in [4.78, 5) is 22.2. The Labute approximate surface area is 94.8 Å². The van der Waals surface area contributed by atoms with Gasteiger partial charge in [0, 0.05) is 0 Å². The lowest BCUT2D eigenvalue weighted by atomic mass is 10.1. The minimum Gasteiger partial charge on any atom is -0.435 e. The Bertz CT molecular complexity index is 447. The largest absolute Gasteiger partial charge is 0.435 e. The molecule has 2 rings (SSSR count). The smallest absolute Gasteiger partial charge is 0.387 e. The van der Waals surface area contributed by atoms with Crippen molar-refractivity contribution < 1.29 is 23.1 Å². The maximum atomic E-state index is 11.9. The highest BCUT2D eigenvalue weighted by atomic mass is 19.3. The molecule has 17 heavy (non-hydrogen) atoms. The van der Waals surface area contributed by atoms with Gasteiger partial charge in [-0.1, -0.05) is 12.1 Å². The highest BCUT2D eigenvalue weighted by molar-refractivity contribution is 6.04. The van der Waals surface area contributed by atoms with E-state index < -0.39 is 24.6 Å². The summed E-state index contributed by atoms with van der Waals surface area (Å²) in [5.41, 5.74) is 0.495. The fraction of sp³-hybridized carbons (Fsp3) is 0.200. The van der Waals surface area contributed by atoms with E-state index in [0.717, 1.165) is 0 Å². The molecule has 0 saturated carbocycles. The molecule has 0 aromatic heterocycles. The van der Waals surface area contributed by atoms with E-state index in [2.05, 4.69) is 15.4 Å². The van der Waals surface area contributed by atoms with Crippen LogP contribution >= 0.6 is 0 Å². The van der Waals surface area contributed by atoms with Gasteiger partial charge in [0.25, 0.3) is 5.91 Å². The van der Waals surface area contributed by atoms with Crippen molar-refractivity contribution in [2.24, 2.45) is 0 Å². The van der Waals surface area contributed by atoms with Gasteiger partial charge >= 0.3 is 12.6 Å². The zero-order chi connectivity index (χ0) is 12.4. The summed E-state index contributed by atoms with van der Waals surface area (Å²) in [7, 11) is 0. The number of halogens is 2. The first-order valence-electron chi connectivity index (χ1n) is 4.72. The molecule has 1 aliphatic heterocycles. The summed E-state index contributed by atoms with van der Waals surface area (Å²) in [5.74, 6) is -0.481. The van der Waals surface area contributed by atoms with Crippen LogP contribution < -0.4 is 15.4 Å². The minimum absolute atomic E-state index is 0.00604. The van der Waals surface area contributed by atoms with E-state index in [9.17, 15) is 18.4 Å². The molecule has 3 amide bonds. The van der Waals surface area contributed by atoms with Crippen LogP contribution in [0.4, 0.5) is 13.6 Å². The summed E-state index contributed by atoms with van der Waals surface area (Å²) in [6.45, 7) is -2.89. The maximum Gasteiger partial charge on any atom is 0.387 e. The van der Waals surface area contributed by atoms with Crippen LogP contribution in [0.2, 0.25) is 0 Å². The number of urea groups is 1. The van der Waals surface area contributed by atoms with Gasteiger partial charge in [0.05, 0.1) is 0 Å². The molecule has 0 radical (unpaired) electrons. The number of hydrogen-bond acceptors (Lipinski definition) is 3. The third-order valence-electron chi connectivity index (χ3n) is 2.21. The van der Waals surface area contributed by atoms with Gasteiger partial charge in [0.2, 0.25) is 0 Å². The first-order chi connectivity index (χ1) is 8.06. The van der Waals surface area contributed by atoms with Crippen LogP contribution in [-0.2, 0) is 4.79 Å². The van der Waals surface area contributed by atoms with Crippen LogP contribution in [0.1, 0.15) is 11.6 Å². The van der Waals surface area contributed by atoms with E-state index >= 15 is 0 Å².